The van der Waals surface area contributed by atoms with Crippen molar-refractivity contribution in [1.29, 1.82) is 0 Å². The Hall–Kier alpha value is -1.80. The molecule has 2 heteroatoms. The van der Waals surface area contributed by atoms with Crippen molar-refractivity contribution in [1.82, 2.24) is 5.32 Å². The number of anilines is 2. The van der Waals surface area contributed by atoms with Gasteiger partial charge in [-0.05, 0) is 55.6 Å². The predicted molar refractivity (Wildman–Crippen MR) is 120 cm³/mol. The maximum absolute atomic E-state index is 3.49. The van der Waals surface area contributed by atoms with Gasteiger partial charge in [0.05, 0.1) is 0 Å². The summed E-state index contributed by atoms with van der Waals surface area (Å²) >= 11 is 0. The van der Waals surface area contributed by atoms with E-state index in [1.807, 2.05) is 6.07 Å². The average Bonchev–Trinajstić information content (AvgIpc) is 2.68. The standard InChI is InChI=1S/C25H38N2/c1-22(2)26-21-13-8-6-4-3-5-7-10-14-23-17-19-25(20-18-23)27-24-15-11-9-12-16-24/h9,11-12,15-20,22,26-27H,3-8,10,13-14,21H2,1-2H3. The van der Waals surface area contributed by atoms with E-state index in [9.17, 15) is 0 Å². The molecule has 148 valence electrons. The van der Waals surface area contributed by atoms with Gasteiger partial charge in [-0.15, -0.1) is 0 Å². The third kappa shape index (κ3) is 10.2. The molecule has 27 heavy (non-hydrogen) atoms. The van der Waals surface area contributed by atoms with Gasteiger partial charge in [-0.25, -0.2) is 0 Å². The zero-order valence-electron chi connectivity index (χ0n) is 17.3. The number of para-hydroxylation sites is 1. The first-order valence-electron chi connectivity index (χ1n) is 10.9. The molecule has 0 aliphatic rings. The minimum atomic E-state index is 0.626. The van der Waals surface area contributed by atoms with E-state index in [1.165, 1.54) is 69.9 Å². The van der Waals surface area contributed by atoms with Gasteiger partial charge in [-0.2, -0.15) is 0 Å². The SMILES string of the molecule is CC(C)NCCCCCCCCCCc1ccc(Nc2ccccc2)cc1. The topological polar surface area (TPSA) is 24.1 Å². The van der Waals surface area contributed by atoms with Gasteiger partial charge in [0.15, 0.2) is 0 Å². The fraction of sp³-hybridized carbons (Fsp3) is 0.520. The van der Waals surface area contributed by atoms with Crippen LogP contribution in [0.15, 0.2) is 54.6 Å². The quantitative estimate of drug-likeness (QED) is 0.349. The second kappa shape index (κ2) is 13.4. The fourth-order valence-electron chi connectivity index (χ4n) is 3.35. The van der Waals surface area contributed by atoms with Crippen LogP contribution in [0.1, 0.15) is 70.8 Å². The Labute approximate surface area is 166 Å². The zero-order chi connectivity index (χ0) is 19.2. The van der Waals surface area contributed by atoms with E-state index in [1.54, 1.807) is 0 Å². The lowest BCUT2D eigenvalue weighted by Crippen LogP contribution is -2.23. The van der Waals surface area contributed by atoms with E-state index in [0.717, 1.165) is 11.4 Å². The predicted octanol–water partition coefficient (Wildman–Crippen LogP) is 7.09. The first kappa shape index (κ1) is 21.5. The van der Waals surface area contributed by atoms with E-state index in [-0.39, 0.29) is 0 Å². The Kier molecular flexibility index (Phi) is 10.7. The maximum Gasteiger partial charge on any atom is 0.0384 e. The molecule has 0 heterocycles. The van der Waals surface area contributed by atoms with Crippen LogP contribution >= 0.6 is 0 Å². The number of nitrogens with one attached hydrogen (secondary N) is 2. The summed E-state index contributed by atoms with van der Waals surface area (Å²) in [4.78, 5) is 0. The zero-order valence-corrected chi connectivity index (χ0v) is 17.3. The molecule has 0 aliphatic heterocycles. The van der Waals surface area contributed by atoms with E-state index in [4.69, 9.17) is 0 Å². The smallest absolute Gasteiger partial charge is 0.0384 e. The van der Waals surface area contributed by atoms with E-state index in [2.05, 4.69) is 73.0 Å². The van der Waals surface area contributed by atoms with E-state index >= 15 is 0 Å². The molecular formula is C25H38N2. The van der Waals surface area contributed by atoms with Crippen molar-refractivity contribution in [3.8, 4) is 0 Å². The van der Waals surface area contributed by atoms with Gasteiger partial charge in [0.1, 0.15) is 0 Å². The van der Waals surface area contributed by atoms with Crippen LogP contribution in [0, 0.1) is 0 Å². The van der Waals surface area contributed by atoms with Gasteiger partial charge in [0.25, 0.3) is 0 Å². The molecule has 0 amide bonds. The van der Waals surface area contributed by atoms with Crippen LogP contribution in [-0.4, -0.2) is 12.6 Å². The minimum absolute atomic E-state index is 0.626. The largest absolute Gasteiger partial charge is 0.356 e. The van der Waals surface area contributed by atoms with Crippen molar-refractivity contribution in [2.75, 3.05) is 11.9 Å². The highest BCUT2D eigenvalue weighted by atomic mass is 14.9. The average molecular weight is 367 g/mol. The van der Waals surface area contributed by atoms with Crippen molar-refractivity contribution in [2.24, 2.45) is 0 Å². The number of hydrogen-bond acceptors (Lipinski definition) is 2. The lowest BCUT2D eigenvalue weighted by atomic mass is 10.0. The summed E-state index contributed by atoms with van der Waals surface area (Å²) in [5.41, 5.74) is 3.75. The maximum atomic E-state index is 3.49. The molecule has 0 atom stereocenters. The van der Waals surface area contributed by atoms with Crippen molar-refractivity contribution < 1.29 is 0 Å². The minimum Gasteiger partial charge on any atom is -0.356 e. The summed E-state index contributed by atoms with van der Waals surface area (Å²) in [5, 5.41) is 6.93. The number of benzene rings is 2. The lowest BCUT2D eigenvalue weighted by molar-refractivity contribution is 0.526. The van der Waals surface area contributed by atoms with Crippen LogP contribution in [0.2, 0.25) is 0 Å². The van der Waals surface area contributed by atoms with Gasteiger partial charge in [-0.3, -0.25) is 0 Å². The van der Waals surface area contributed by atoms with Crippen LogP contribution in [0.3, 0.4) is 0 Å². The van der Waals surface area contributed by atoms with E-state index in [0.29, 0.717) is 6.04 Å². The molecule has 2 N–H and O–H groups in total. The van der Waals surface area contributed by atoms with Crippen molar-refractivity contribution in [3.05, 3.63) is 60.2 Å². The number of rotatable bonds is 14. The van der Waals surface area contributed by atoms with Crippen LogP contribution < -0.4 is 10.6 Å². The molecule has 0 fully saturated rings. The second-order valence-electron chi connectivity index (χ2n) is 7.88. The molecule has 2 aromatic carbocycles. The summed E-state index contributed by atoms with van der Waals surface area (Å²) in [5.74, 6) is 0. The summed E-state index contributed by atoms with van der Waals surface area (Å²) in [6, 6.07) is 19.9. The van der Waals surface area contributed by atoms with Crippen LogP contribution in [0.5, 0.6) is 0 Å². The number of aryl methyl sites for hydroxylation is 1. The van der Waals surface area contributed by atoms with Gasteiger partial charge in [0, 0.05) is 17.4 Å². The molecule has 0 saturated heterocycles. The Bertz CT molecular complexity index is 589. The summed E-state index contributed by atoms with van der Waals surface area (Å²) in [7, 11) is 0. The van der Waals surface area contributed by atoms with Gasteiger partial charge in [0.2, 0.25) is 0 Å². The second-order valence-corrected chi connectivity index (χ2v) is 7.88. The van der Waals surface area contributed by atoms with Crippen molar-refractivity contribution >= 4 is 11.4 Å². The molecule has 0 unspecified atom stereocenters. The molecule has 0 aliphatic carbocycles. The van der Waals surface area contributed by atoms with Crippen LogP contribution in [0.25, 0.3) is 0 Å². The molecule has 2 aromatic rings. The van der Waals surface area contributed by atoms with Crippen LogP contribution in [0.4, 0.5) is 11.4 Å². The third-order valence-corrected chi connectivity index (χ3v) is 4.96. The molecule has 2 rings (SSSR count). The highest BCUT2D eigenvalue weighted by Gasteiger charge is 1.98. The Balaban J connectivity index is 1.47. The molecule has 0 radical (unpaired) electrons. The van der Waals surface area contributed by atoms with Gasteiger partial charge in [-0.1, -0.05) is 82.7 Å². The fourth-order valence-corrected chi connectivity index (χ4v) is 3.35. The van der Waals surface area contributed by atoms with Gasteiger partial charge >= 0.3 is 0 Å². The molecule has 2 nitrogen and oxygen atoms in total. The molecule has 0 saturated carbocycles. The van der Waals surface area contributed by atoms with Crippen molar-refractivity contribution in [3.63, 3.8) is 0 Å². The number of hydrogen-bond donors (Lipinski definition) is 2. The normalized spacial score (nSPS) is 11.1. The first-order chi connectivity index (χ1) is 13.2. The monoisotopic (exact) mass is 366 g/mol. The molecule has 0 aromatic heterocycles. The summed E-state index contributed by atoms with van der Waals surface area (Å²) in [6.45, 7) is 5.61. The Morgan fingerprint density at radius 3 is 1.81 bits per heavy atom. The Morgan fingerprint density at radius 1 is 0.630 bits per heavy atom. The molecule has 0 bridgehead atoms. The number of unbranched alkanes of at least 4 members (excludes halogenated alkanes) is 7. The molecule has 0 spiro atoms. The van der Waals surface area contributed by atoms with E-state index < -0.39 is 0 Å². The van der Waals surface area contributed by atoms with Crippen molar-refractivity contribution in [2.45, 2.75) is 77.7 Å². The Morgan fingerprint density at radius 2 is 1.19 bits per heavy atom. The third-order valence-electron chi connectivity index (χ3n) is 4.96. The highest BCUT2D eigenvalue weighted by Crippen LogP contribution is 2.18. The first-order valence-corrected chi connectivity index (χ1v) is 10.9. The lowest BCUT2D eigenvalue weighted by Gasteiger charge is -2.08. The molecular weight excluding hydrogens is 328 g/mol. The van der Waals surface area contributed by atoms with Crippen LogP contribution in [-0.2, 0) is 6.42 Å². The summed E-state index contributed by atoms with van der Waals surface area (Å²) in [6.07, 6.45) is 12.2. The summed E-state index contributed by atoms with van der Waals surface area (Å²) < 4.78 is 0. The highest BCUT2D eigenvalue weighted by molar-refractivity contribution is 5.59. The van der Waals surface area contributed by atoms with Gasteiger partial charge < -0.3 is 10.6 Å².